The maximum absolute atomic E-state index is 11.7. The van der Waals surface area contributed by atoms with Crippen molar-refractivity contribution >= 4 is 17.7 Å². The van der Waals surface area contributed by atoms with Gasteiger partial charge in [-0.2, -0.15) is 11.8 Å². The van der Waals surface area contributed by atoms with Crippen molar-refractivity contribution in [2.75, 3.05) is 25.2 Å². The van der Waals surface area contributed by atoms with Gasteiger partial charge in [-0.25, -0.2) is 4.98 Å². The lowest BCUT2D eigenvalue weighted by Crippen LogP contribution is -2.45. The van der Waals surface area contributed by atoms with Gasteiger partial charge in [-0.05, 0) is 6.92 Å². The van der Waals surface area contributed by atoms with Crippen molar-refractivity contribution in [3.05, 3.63) is 42.4 Å². The second-order valence-electron chi connectivity index (χ2n) is 5.85. The molecule has 0 radical (unpaired) electrons. The molecule has 0 aliphatic carbocycles. The number of ether oxygens (including phenoxy) is 1. The van der Waals surface area contributed by atoms with E-state index in [9.17, 15) is 4.79 Å². The molecule has 0 saturated carbocycles. The van der Waals surface area contributed by atoms with Crippen LogP contribution in [0.2, 0.25) is 0 Å². The number of esters is 1. The fourth-order valence-corrected chi connectivity index (χ4v) is 4.08. The van der Waals surface area contributed by atoms with Crippen LogP contribution >= 0.6 is 11.8 Å². The average Bonchev–Trinajstić information content (AvgIpc) is 3.12. The van der Waals surface area contributed by atoms with E-state index in [0.717, 1.165) is 29.4 Å². The lowest BCUT2D eigenvalue weighted by Gasteiger charge is -2.37. The summed E-state index contributed by atoms with van der Waals surface area (Å²) in [5.74, 6) is 3.26. The number of oxazole rings is 1. The summed E-state index contributed by atoms with van der Waals surface area (Å²) in [6.45, 7) is 3.00. The third kappa shape index (κ3) is 3.82. The van der Waals surface area contributed by atoms with Gasteiger partial charge in [0.2, 0.25) is 5.89 Å². The molecule has 0 unspecified atom stereocenters. The molecular weight excluding hydrogens is 324 g/mol. The number of carbonyl (C=O) groups is 1. The van der Waals surface area contributed by atoms with Gasteiger partial charge in [0.15, 0.2) is 5.76 Å². The minimum atomic E-state index is -0.169. The Morgan fingerprint density at radius 2 is 2.25 bits per heavy atom. The molecule has 0 N–H and O–H groups in total. The molecule has 2 atom stereocenters. The van der Waals surface area contributed by atoms with Gasteiger partial charge in [0.25, 0.3) is 0 Å². The Bertz CT molecular complexity index is 674. The van der Waals surface area contributed by atoms with Crippen LogP contribution in [0.1, 0.15) is 25.3 Å². The van der Waals surface area contributed by atoms with E-state index in [-0.39, 0.29) is 18.1 Å². The van der Waals surface area contributed by atoms with Crippen LogP contribution in [0.3, 0.4) is 0 Å². The predicted octanol–water partition coefficient (Wildman–Crippen LogP) is 3.38. The van der Waals surface area contributed by atoms with Gasteiger partial charge in [0.1, 0.15) is 0 Å². The molecule has 2 aromatic rings. The fourth-order valence-electron chi connectivity index (χ4n) is 2.99. The van der Waals surface area contributed by atoms with Crippen LogP contribution in [0.4, 0.5) is 0 Å². The summed E-state index contributed by atoms with van der Waals surface area (Å²) < 4.78 is 10.8. The summed E-state index contributed by atoms with van der Waals surface area (Å²) in [5.41, 5.74) is 1.02. The van der Waals surface area contributed by atoms with Crippen molar-refractivity contribution in [2.45, 2.75) is 25.4 Å². The molecule has 1 fully saturated rings. The lowest BCUT2D eigenvalue weighted by molar-refractivity contribution is -0.142. The Morgan fingerprint density at radius 3 is 3.00 bits per heavy atom. The molecule has 1 saturated heterocycles. The molecule has 128 valence electrons. The van der Waals surface area contributed by atoms with Gasteiger partial charge in [-0.1, -0.05) is 30.3 Å². The molecule has 0 amide bonds. The first-order chi connectivity index (χ1) is 11.7. The molecule has 1 aromatic heterocycles. The number of nitrogens with zero attached hydrogens (tertiary/aromatic N) is 2. The molecule has 5 nitrogen and oxygen atoms in total. The second kappa shape index (κ2) is 7.85. The molecule has 3 rings (SSSR count). The van der Waals surface area contributed by atoms with Crippen LogP contribution in [0, 0.1) is 0 Å². The number of aromatic nitrogens is 1. The molecule has 1 aliphatic rings. The van der Waals surface area contributed by atoms with Gasteiger partial charge < -0.3 is 9.15 Å². The first-order valence-corrected chi connectivity index (χ1v) is 9.26. The Hall–Kier alpha value is -1.79. The van der Waals surface area contributed by atoms with Crippen molar-refractivity contribution in [3.8, 4) is 11.3 Å². The maximum atomic E-state index is 11.7. The van der Waals surface area contributed by atoms with Crippen LogP contribution in [0.5, 0.6) is 0 Å². The molecule has 0 bridgehead atoms. The summed E-state index contributed by atoms with van der Waals surface area (Å²) in [4.78, 5) is 18.4. The van der Waals surface area contributed by atoms with E-state index in [4.69, 9.17) is 9.15 Å². The smallest absolute Gasteiger partial charge is 0.307 e. The van der Waals surface area contributed by atoms with E-state index < -0.39 is 0 Å². The van der Waals surface area contributed by atoms with E-state index in [0.29, 0.717) is 12.3 Å². The highest BCUT2D eigenvalue weighted by molar-refractivity contribution is 7.99. The van der Waals surface area contributed by atoms with Gasteiger partial charge in [-0.15, -0.1) is 0 Å². The minimum Gasteiger partial charge on any atom is -0.469 e. The molecule has 6 heteroatoms. The van der Waals surface area contributed by atoms with Crippen LogP contribution in [0.15, 0.2) is 40.9 Å². The summed E-state index contributed by atoms with van der Waals surface area (Å²) in [5, 5.41) is 0. The van der Waals surface area contributed by atoms with E-state index >= 15 is 0 Å². The van der Waals surface area contributed by atoms with Crippen LogP contribution < -0.4 is 0 Å². The summed E-state index contributed by atoms with van der Waals surface area (Å²) in [6.07, 6.45) is 2.18. The van der Waals surface area contributed by atoms with Crippen molar-refractivity contribution < 1.29 is 13.9 Å². The standard InChI is InChI=1S/C18H22N2O3S/c1-13(20-8-9-24-12-15(20)10-17(21)22-2)18-19-11-16(23-18)14-6-4-3-5-7-14/h3-7,11,13,15H,8-10,12H2,1-2H3/t13-,15-/m0/s1. The van der Waals surface area contributed by atoms with E-state index in [1.165, 1.54) is 7.11 Å². The Morgan fingerprint density at radius 1 is 1.46 bits per heavy atom. The monoisotopic (exact) mass is 346 g/mol. The summed E-state index contributed by atoms with van der Waals surface area (Å²) in [7, 11) is 1.44. The zero-order valence-corrected chi connectivity index (χ0v) is 14.8. The second-order valence-corrected chi connectivity index (χ2v) is 7.00. The van der Waals surface area contributed by atoms with Gasteiger partial charge in [0.05, 0.1) is 25.8 Å². The number of hydrogen-bond acceptors (Lipinski definition) is 6. The van der Waals surface area contributed by atoms with Crippen molar-refractivity contribution in [3.63, 3.8) is 0 Å². The summed E-state index contributed by atoms with van der Waals surface area (Å²) in [6, 6.07) is 10.1. The van der Waals surface area contributed by atoms with Crippen LogP contribution in [-0.2, 0) is 9.53 Å². The molecule has 24 heavy (non-hydrogen) atoms. The number of benzene rings is 1. The van der Waals surface area contributed by atoms with Crippen molar-refractivity contribution in [2.24, 2.45) is 0 Å². The van der Waals surface area contributed by atoms with Gasteiger partial charge in [0, 0.05) is 29.7 Å². The number of hydrogen-bond donors (Lipinski definition) is 0. The van der Waals surface area contributed by atoms with Crippen LogP contribution in [0.25, 0.3) is 11.3 Å². The summed E-state index contributed by atoms with van der Waals surface area (Å²) >= 11 is 1.87. The average molecular weight is 346 g/mol. The van der Waals surface area contributed by atoms with Gasteiger partial charge >= 0.3 is 5.97 Å². The van der Waals surface area contributed by atoms with Crippen molar-refractivity contribution in [1.29, 1.82) is 0 Å². The third-order valence-electron chi connectivity index (χ3n) is 4.34. The highest BCUT2D eigenvalue weighted by atomic mass is 32.2. The van der Waals surface area contributed by atoms with E-state index in [1.54, 1.807) is 6.20 Å². The predicted molar refractivity (Wildman–Crippen MR) is 94.8 cm³/mol. The largest absolute Gasteiger partial charge is 0.469 e. The third-order valence-corrected chi connectivity index (χ3v) is 5.43. The zero-order valence-electron chi connectivity index (χ0n) is 14.0. The van der Waals surface area contributed by atoms with Gasteiger partial charge in [-0.3, -0.25) is 9.69 Å². The number of rotatable bonds is 5. The number of methoxy groups -OCH3 is 1. The first kappa shape index (κ1) is 17.0. The Labute approximate surface area is 146 Å². The number of thioether (sulfide) groups is 1. The quantitative estimate of drug-likeness (QED) is 0.774. The molecular formula is C18H22N2O3S. The minimum absolute atomic E-state index is 0.0259. The van der Waals surface area contributed by atoms with E-state index in [2.05, 4.69) is 16.8 Å². The highest BCUT2D eigenvalue weighted by Gasteiger charge is 2.31. The Balaban J connectivity index is 1.76. The van der Waals surface area contributed by atoms with Crippen molar-refractivity contribution in [1.82, 2.24) is 9.88 Å². The lowest BCUT2D eigenvalue weighted by atomic mass is 10.1. The molecule has 2 heterocycles. The maximum Gasteiger partial charge on any atom is 0.307 e. The molecule has 0 spiro atoms. The first-order valence-electron chi connectivity index (χ1n) is 8.10. The normalized spacial score (nSPS) is 19.8. The molecule has 1 aliphatic heterocycles. The van der Waals surface area contributed by atoms with E-state index in [1.807, 2.05) is 42.1 Å². The number of carbonyl (C=O) groups excluding carboxylic acids is 1. The fraction of sp³-hybridized carbons (Fsp3) is 0.444. The highest BCUT2D eigenvalue weighted by Crippen LogP contribution is 2.31. The zero-order chi connectivity index (χ0) is 16.9. The van der Waals surface area contributed by atoms with Crippen LogP contribution in [-0.4, -0.2) is 47.1 Å². The molecule has 1 aromatic carbocycles. The Kier molecular flexibility index (Phi) is 5.58. The SMILES string of the molecule is COC(=O)C[C@H]1CSCCN1[C@@H](C)c1ncc(-c2ccccc2)o1. The topological polar surface area (TPSA) is 55.6 Å².